The zero-order valence-electron chi connectivity index (χ0n) is 36.5. The molecule has 2 heterocycles. The maximum atomic E-state index is 15.1. The first-order valence-corrected chi connectivity index (χ1v) is 20.6. The van der Waals surface area contributed by atoms with Gasteiger partial charge < -0.3 is 40.5 Å². The van der Waals surface area contributed by atoms with E-state index in [1.165, 1.54) is 25.7 Å². The number of aliphatic hydroxyl groups excluding tert-OH is 1. The first-order valence-electron chi connectivity index (χ1n) is 20.6. The summed E-state index contributed by atoms with van der Waals surface area (Å²) in [6, 6.07) is 10.1. The fourth-order valence-corrected chi connectivity index (χ4v) is 7.07. The number of aromatic nitrogens is 1. The van der Waals surface area contributed by atoms with Gasteiger partial charge in [0.1, 0.15) is 36.0 Å². The Morgan fingerprint density at radius 2 is 1.58 bits per heavy atom. The number of hydrogen-bond donors (Lipinski definition) is 5. The number of hydrogen-bond acceptors (Lipinski definition) is 10. The molecule has 4 rings (SSSR count). The van der Waals surface area contributed by atoms with Crippen LogP contribution in [0.15, 0.2) is 72.1 Å². The SMILES string of the molecule is CC(C)=C(NC(=O)CCCC(=O)ON1C(=O)CCC1=O)C(=O)N[C@@H](C)C(=O)N[C@@H](CCN(C(=O)CO)[C@@H](c1cc(-c2cc(F)ccc2F)cn1Cc1ccccc1)C(C)(C)C)C(=O)O. The molecule has 6 amide bonds. The topological polar surface area (TPSA) is 234 Å². The molecule has 0 spiro atoms. The van der Waals surface area contributed by atoms with Gasteiger partial charge in [-0.05, 0) is 74.4 Å². The molecular weight excluding hydrogens is 839 g/mol. The minimum atomic E-state index is -1.61. The Kier molecular flexibility index (Phi) is 17.2. The second-order valence-electron chi connectivity index (χ2n) is 16.6. The van der Waals surface area contributed by atoms with E-state index < -0.39 is 89.2 Å². The number of amides is 6. The average Bonchev–Trinajstić information content (AvgIpc) is 3.78. The molecule has 17 nitrogen and oxygen atoms in total. The average molecular weight is 893 g/mol. The number of nitrogens with one attached hydrogen (secondary N) is 3. The van der Waals surface area contributed by atoms with Crippen LogP contribution in [0.5, 0.6) is 0 Å². The van der Waals surface area contributed by atoms with Crippen LogP contribution < -0.4 is 16.0 Å². The number of carbonyl (C=O) groups excluding carboxylic acids is 7. The van der Waals surface area contributed by atoms with E-state index >= 15 is 4.39 Å². The molecule has 0 radical (unpaired) electrons. The van der Waals surface area contributed by atoms with E-state index in [-0.39, 0.29) is 62.9 Å². The van der Waals surface area contributed by atoms with Crippen LogP contribution in [0.25, 0.3) is 11.1 Å². The number of benzene rings is 2. The molecule has 344 valence electrons. The predicted molar refractivity (Wildman–Crippen MR) is 226 cm³/mol. The van der Waals surface area contributed by atoms with Gasteiger partial charge in [-0.25, -0.2) is 18.4 Å². The summed E-state index contributed by atoms with van der Waals surface area (Å²) in [5, 5.41) is 28.0. The summed E-state index contributed by atoms with van der Waals surface area (Å²) >= 11 is 0. The van der Waals surface area contributed by atoms with Gasteiger partial charge in [-0.3, -0.25) is 28.8 Å². The summed E-state index contributed by atoms with van der Waals surface area (Å²) in [6.45, 7) is 8.78. The van der Waals surface area contributed by atoms with E-state index in [0.29, 0.717) is 21.9 Å². The van der Waals surface area contributed by atoms with Gasteiger partial charge in [-0.2, -0.15) is 0 Å². The summed E-state index contributed by atoms with van der Waals surface area (Å²) in [6.07, 6.45) is 0.496. The van der Waals surface area contributed by atoms with Crippen molar-refractivity contribution in [1.29, 1.82) is 0 Å². The fraction of sp³-hybridized carbons (Fsp3) is 0.422. The van der Waals surface area contributed by atoms with Gasteiger partial charge in [0, 0.05) is 61.8 Å². The molecule has 1 fully saturated rings. The number of imide groups is 1. The van der Waals surface area contributed by atoms with E-state index in [1.807, 2.05) is 51.1 Å². The van der Waals surface area contributed by atoms with Crippen molar-refractivity contribution in [2.75, 3.05) is 13.2 Å². The maximum absolute atomic E-state index is 15.1. The van der Waals surface area contributed by atoms with Crippen molar-refractivity contribution in [2.45, 2.75) is 105 Å². The fourth-order valence-electron chi connectivity index (χ4n) is 7.07. The predicted octanol–water partition coefficient (Wildman–Crippen LogP) is 4.04. The van der Waals surface area contributed by atoms with Crippen LogP contribution in [-0.4, -0.2) is 97.4 Å². The Balaban J connectivity index is 1.47. The lowest BCUT2D eigenvalue weighted by Gasteiger charge is -2.41. The van der Waals surface area contributed by atoms with Crippen LogP contribution in [0, 0.1) is 17.0 Å². The molecule has 0 aliphatic carbocycles. The van der Waals surface area contributed by atoms with Crippen LogP contribution in [0.4, 0.5) is 8.78 Å². The standard InChI is InChI=1S/C45H54F2N6O11/c1-26(2)40(50-35(55)13-10-14-39(59)64-53-36(56)17-18-37(53)57)43(61)48-27(3)42(60)49-33(44(62)63)19-20-52(38(58)25-54)41(45(4,5)6)34-21-29(31-22-30(46)15-16-32(31)47)24-51(34)23-28-11-8-7-9-12-28/h7-9,11-12,15-16,21-22,24,27,33,41,54H,10,13-14,17-20,23,25H2,1-6H3,(H,48,61)(H,49,60)(H,50,55)(H,62,63)/t27-,33-,41-/m0/s1. The van der Waals surface area contributed by atoms with E-state index in [0.717, 1.165) is 23.8 Å². The van der Waals surface area contributed by atoms with Crippen molar-refractivity contribution < 1.29 is 62.2 Å². The van der Waals surface area contributed by atoms with Crippen molar-refractivity contribution >= 4 is 47.4 Å². The largest absolute Gasteiger partial charge is 0.480 e. The highest BCUT2D eigenvalue weighted by Gasteiger charge is 2.38. The Morgan fingerprint density at radius 1 is 0.922 bits per heavy atom. The van der Waals surface area contributed by atoms with Crippen LogP contribution in [0.1, 0.15) is 97.4 Å². The summed E-state index contributed by atoms with van der Waals surface area (Å²) in [5.74, 6) is -8.25. The van der Waals surface area contributed by atoms with Gasteiger partial charge >= 0.3 is 11.9 Å². The summed E-state index contributed by atoms with van der Waals surface area (Å²) in [5.41, 5.74) is 0.935. The molecule has 19 heteroatoms. The van der Waals surface area contributed by atoms with Crippen molar-refractivity contribution in [3.05, 3.63) is 95.0 Å². The second-order valence-corrected chi connectivity index (χ2v) is 16.6. The Morgan fingerprint density at radius 3 is 2.17 bits per heavy atom. The Hall–Kier alpha value is -6.76. The number of allylic oxidation sites excluding steroid dienone is 1. The normalized spacial score (nSPS) is 14.0. The minimum Gasteiger partial charge on any atom is -0.480 e. The lowest BCUT2D eigenvalue weighted by molar-refractivity contribution is -0.197. The van der Waals surface area contributed by atoms with Gasteiger partial charge in [-0.15, -0.1) is 5.06 Å². The highest BCUT2D eigenvalue weighted by Crippen LogP contribution is 2.41. The van der Waals surface area contributed by atoms with Crippen molar-refractivity contribution in [3.8, 4) is 11.1 Å². The molecule has 5 N–H and O–H groups in total. The van der Waals surface area contributed by atoms with E-state index in [1.54, 1.807) is 16.8 Å². The third-order valence-corrected chi connectivity index (χ3v) is 10.2. The molecule has 0 unspecified atom stereocenters. The van der Waals surface area contributed by atoms with Gasteiger partial charge in [0.05, 0.1) is 6.04 Å². The van der Waals surface area contributed by atoms with E-state index in [4.69, 9.17) is 4.84 Å². The van der Waals surface area contributed by atoms with Crippen molar-refractivity contribution in [2.24, 2.45) is 5.41 Å². The zero-order valence-corrected chi connectivity index (χ0v) is 36.5. The van der Waals surface area contributed by atoms with Crippen LogP contribution in [-0.2, 0) is 49.7 Å². The monoisotopic (exact) mass is 892 g/mol. The zero-order chi connectivity index (χ0) is 47.5. The van der Waals surface area contributed by atoms with Crippen LogP contribution in [0.2, 0.25) is 0 Å². The third-order valence-electron chi connectivity index (χ3n) is 10.2. The quantitative estimate of drug-likeness (QED) is 0.0803. The molecule has 1 aromatic heterocycles. The number of halogens is 2. The molecule has 0 saturated carbocycles. The van der Waals surface area contributed by atoms with Gasteiger partial charge in [0.25, 0.3) is 17.7 Å². The number of hydroxylamine groups is 2. The summed E-state index contributed by atoms with van der Waals surface area (Å²) in [7, 11) is 0. The Bertz CT molecular complexity index is 2270. The lowest BCUT2D eigenvalue weighted by Crippen LogP contribution is -2.52. The molecule has 1 aliphatic heterocycles. The highest BCUT2D eigenvalue weighted by molar-refractivity contribution is 6.02. The Labute approximate surface area is 368 Å². The molecule has 1 saturated heterocycles. The molecule has 64 heavy (non-hydrogen) atoms. The number of carbonyl (C=O) groups is 8. The van der Waals surface area contributed by atoms with Gasteiger partial charge in [0.2, 0.25) is 17.7 Å². The first-order chi connectivity index (χ1) is 30.1. The molecule has 3 aromatic rings. The van der Waals surface area contributed by atoms with Crippen LogP contribution in [0.3, 0.4) is 0 Å². The molecule has 3 atom stereocenters. The summed E-state index contributed by atoms with van der Waals surface area (Å²) in [4.78, 5) is 107. The molecule has 0 bridgehead atoms. The van der Waals surface area contributed by atoms with Crippen LogP contribution >= 0.6 is 0 Å². The number of rotatable bonds is 20. The van der Waals surface area contributed by atoms with Gasteiger partial charge in [0.15, 0.2) is 0 Å². The number of aliphatic hydroxyl groups is 1. The minimum absolute atomic E-state index is 0.0255. The van der Waals surface area contributed by atoms with E-state index in [9.17, 15) is 53.0 Å². The smallest absolute Gasteiger partial charge is 0.333 e. The van der Waals surface area contributed by atoms with Crippen molar-refractivity contribution in [1.82, 2.24) is 30.5 Å². The number of nitrogens with zero attached hydrogens (tertiary/aromatic N) is 3. The van der Waals surface area contributed by atoms with Gasteiger partial charge in [-0.1, -0.05) is 51.1 Å². The maximum Gasteiger partial charge on any atom is 0.333 e. The molecule has 1 aliphatic rings. The number of carboxylic acids is 1. The molecule has 2 aromatic carbocycles. The number of aliphatic carboxylic acids is 1. The van der Waals surface area contributed by atoms with Crippen molar-refractivity contribution in [3.63, 3.8) is 0 Å². The summed E-state index contributed by atoms with van der Waals surface area (Å²) < 4.78 is 31.3. The first kappa shape index (κ1) is 49.9. The molecular formula is C45H54F2N6O11. The lowest BCUT2D eigenvalue weighted by atomic mass is 9.82. The third kappa shape index (κ3) is 13.4. The highest BCUT2D eigenvalue weighted by atomic mass is 19.1. The van der Waals surface area contributed by atoms with E-state index in [2.05, 4.69) is 16.0 Å². The number of carboxylic acid groups (broad SMARTS) is 1. The second kappa shape index (κ2) is 22.0.